The molecular weight excluding hydrogens is 404 g/mol. The number of nitrogens with zero attached hydrogens (tertiary/aromatic N) is 6. The Kier molecular flexibility index (Phi) is 5.68. The maximum Gasteiger partial charge on any atom is 0.243 e. The van der Waals surface area contributed by atoms with Crippen molar-refractivity contribution in [1.82, 2.24) is 24.7 Å². The molecule has 0 radical (unpaired) electrons. The number of pyridine rings is 1. The largest absolute Gasteiger partial charge is 0.305 e. The summed E-state index contributed by atoms with van der Waals surface area (Å²) in [4.78, 5) is 23.3. The Morgan fingerprint density at radius 2 is 1.90 bits per heavy atom. The van der Waals surface area contributed by atoms with Gasteiger partial charge in [-0.3, -0.25) is 14.7 Å². The van der Waals surface area contributed by atoms with Crippen LogP contribution in [0.4, 0.5) is 10.8 Å². The first-order chi connectivity index (χ1) is 14.1. The zero-order chi connectivity index (χ0) is 20.2. The van der Waals surface area contributed by atoms with E-state index in [9.17, 15) is 4.79 Å². The predicted octanol–water partition coefficient (Wildman–Crippen LogP) is 4.10. The van der Waals surface area contributed by atoms with Gasteiger partial charge >= 0.3 is 0 Å². The van der Waals surface area contributed by atoms with Gasteiger partial charge < -0.3 is 4.57 Å². The molecule has 0 N–H and O–H groups in total. The van der Waals surface area contributed by atoms with Gasteiger partial charge in [-0.25, -0.2) is 4.98 Å². The summed E-state index contributed by atoms with van der Waals surface area (Å²) < 4.78 is 1.88. The number of para-hydroxylation sites is 1. The van der Waals surface area contributed by atoms with E-state index in [1.807, 2.05) is 66.4 Å². The molecule has 0 atom stereocenters. The number of aromatic nitrogens is 5. The SMILES string of the molecule is Cc1csc(N(C(=O)CSc2nnc(-c3ccncc3)n2C)c2ccccc2)n1. The van der Waals surface area contributed by atoms with Gasteiger partial charge in [0.2, 0.25) is 5.91 Å². The molecule has 146 valence electrons. The summed E-state index contributed by atoms with van der Waals surface area (Å²) in [6.07, 6.45) is 3.43. The molecule has 0 saturated heterocycles. The molecule has 0 bridgehead atoms. The van der Waals surface area contributed by atoms with Crippen molar-refractivity contribution in [3.8, 4) is 11.4 Å². The first-order valence-corrected chi connectivity index (χ1v) is 10.7. The summed E-state index contributed by atoms with van der Waals surface area (Å²) in [6.45, 7) is 1.92. The third-order valence-corrected chi connectivity index (χ3v) is 6.11. The molecule has 0 saturated carbocycles. The van der Waals surface area contributed by atoms with Gasteiger partial charge in [-0.2, -0.15) is 0 Å². The van der Waals surface area contributed by atoms with Gasteiger partial charge in [0.25, 0.3) is 0 Å². The van der Waals surface area contributed by atoms with Crippen molar-refractivity contribution in [3.63, 3.8) is 0 Å². The first kappa shape index (κ1) is 19.3. The topological polar surface area (TPSA) is 76.8 Å². The second-order valence-electron chi connectivity index (χ2n) is 6.23. The second-order valence-corrected chi connectivity index (χ2v) is 8.00. The van der Waals surface area contributed by atoms with E-state index in [1.54, 1.807) is 17.3 Å². The Bertz CT molecular complexity index is 1110. The number of carbonyl (C=O) groups excluding carboxylic acids is 1. The fraction of sp³-hybridized carbons (Fsp3) is 0.150. The molecule has 3 heterocycles. The van der Waals surface area contributed by atoms with Crippen molar-refractivity contribution in [2.75, 3.05) is 10.7 Å². The molecule has 0 fully saturated rings. The smallest absolute Gasteiger partial charge is 0.243 e. The molecule has 0 unspecified atom stereocenters. The van der Waals surface area contributed by atoms with Crippen molar-refractivity contribution < 1.29 is 4.79 Å². The van der Waals surface area contributed by atoms with Crippen molar-refractivity contribution >= 4 is 39.8 Å². The minimum Gasteiger partial charge on any atom is -0.305 e. The number of thioether (sulfide) groups is 1. The molecule has 3 aromatic heterocycles. The third kappa shape index (κ3) is 4.20. The van der Waals surface area contributed by atoms with Crippen LogP contribution in [-0.4, -0.2) is 36.4 Å². The van der Waals surface area contributed by atoms with Crippen LogP contribution in [0.3, 0.4) is 0 Å². The molecule has 7 nitrogen and oxygen atoms in total. The van der Waals surface area contributed by atoms with Crippen LogP contribution in [0.2, 0.25) is 0 Å². The maximum atomic E-state index is 13.1. The number of aryl methyl sites for hydroxylation is 1. The van der Waals surface area contributed by atoms with E-state index in [1.165, 1.54) is 23.1 Å². The molecule has 29 heavy (non-hydrogen) atoms. The van der Waals surface area contributed by atoms with Crippen molar-refractivity contribution in [2.24, 2.45) is 7.05 Å². The first-order valence-electron chi connectivity index (χ1n) is 8.86. The van der Waals surface area contributed by atoms with Crippen LogP contribution in [0.25, 0.3) is 11.4 Å². The molecule has 9 heteroatoms. The maximum absolute atomic E-state index is 13.1. The monoisotopic (exact) mass is 422 g/mol. The number of thiazole rings is 1. The quantitative estimate of drug-likeness (QED) is 0.436. The Morgan fingerprint density at radius 1 is 1.14 bits per heavy atom. The standard InChI is InChI=1S/C20H18N6OS2/c1-14-12-28-19(22-14)26(16-6-4-3-5-7-16)17(27)13-29-20-24-23-18(25(20)2)15-8-10-21-11-9-15/h3-12H,13H2,1-2H3. The lowest BCUT2D eigenvalue weighted by Crippen LogP contribution is -2.27. The number of rotatable bonds is 6. The molecule has 1 aromatic carbocycles. The van der Waals surface area contributed by atoms with E-state index < -0.39 is 0 Å². The lowest BCUT2D eigenvalue weighted by atomic mass is 10.2. The molecule has 0 spiro atoms. The fourth-order valence-electron chi connectivity index (χ4n) is 2.77. The summed E-state index contributed by atoms with van der Waals surface area (Å²) in [5.41, 5.74) is 2.61. The lowest BCUT2D eigenvalue weighted by Gasteiger charge is -2.19. The number of hydrogen-bond acceptors (Lipinski definition) is 7. The molecule has 1 amide bonds. The average molecular weight is 423 g/mol. The van der Waals surface area contributed by atoms with Crippen LogP contribution in [0.15, 0.2) is 65.4 Å². The van der Waals surface area contributed by atoms with Gasteiger partial charge in [-0.15, -0.1) is 21.5 Å². The van der Waals surface area contributed by atoms with Crippen LogP contribution in [0, 0.1) is 6.92 Å². The van der Waals surface area contributed by atoms with E-state index in [0.29, 0.717) is 10.3 Å². The van der Waals surface area contributed by atoms with Crippen LogP contribution in [0.5, 0.6) is 0 Å². The van der Waals surface area contributed by atoms with Crippen LogP contribution in [-0.2, 0) is 11.8 Å². The summed E-state index contributed by atoms with van der Waals surface area (Å²) in [6, 6.07) is 13.3. The Hall–Kier alpha value is -3.04. The van der Waals surface area contributed by atoms with Gasteiger partial charge in [0.05, 0.1) is 17.1 Å². The molecule has 0 aliphatic heterocycles. The predicted molar refractivity (Wildman–Crippen MR) is 115 cm³/mol. The minimum absolute atomic E-state index is 0.0657. The Morgan fingerprint density at radius 3 is 2.59 bits per heavy atom. The van der Waals surface area contributed by atoms with Gasteiger partial charge in [0.1, 0.15) is 0 Å². The number of amides is 1. The second kappa shape index (κ2) is 8.54. The summed E-state index contributed by atoms with van der Waals surface area (Å²) in [7, 11) is 1.89. The normalized spacial score (nSPS) is 10.8. The molecule has 0 aliphatic rings. The Balaban J connectivity index is 1.54. The summed E-state index contributed by atoms with van der Waals surface area (Å²) in [5.74, 6) is 0.886. The summed E-state index contributed by atoms with van der Waals surface area (Å²) in [5, 5.41) is 11.8. The van der Waals surface area contributed by atoms with E-state index in [-0.39, 0.29) is 11.7 Å². The van der Waals surface area contributed by atoms with Crippen molar-refractivity contribution in [2.45, 2.75) is 12.1 Å². The number of benzene rings is 1. The van der Waals surface area contributed by atoms with E-state index in [2.05, 4.69) is 20.2 Å². The summed E-state index contributed by atoms with van der Waals surface area (Å²) >= 11 is 2.81. The highest BCUT2D eigenvalue weighted by Gasteiger charge is 2.22. The minimum atomic E-state index is -0.0657. The average Bonchev–Trinajstić information content (AvgIpc) is 3.33. The van der Waals surface area contributed by atoms with Gasteiger partial charge in [-0.05, 0) is 31.2 Å². The van der Waals surface area contributed by atoms with Crippen molar-refractivity contribution in [3.05, 3.63) is 65.9 Å². The number of hydrogen-bond donors (Lipinski definition) is 0. The molecular formula is C20H18N6OS2. The van der Waals surface area contributed by atoms with Gasteiger partial charge in [0.15, 0.2) is 16.1 Å². The Labute approximate surface area is 176 Å². The number of anilines is 2. The van der Waals surface area contributed by atoms with Crippen LogP contribution >= 0.6 is 23.1 Å². The highest BCUT2D eigenvalue weighted by molar-refractivity contribution is 7.99. The van der Waals surface area contributed by atoms with Crippen LogP contribution in [0.1, 0.15) is 5.69 Å². The van der Waals surface area contributed by atoms with Crippen molar-refractivity contribution in [1.29, 1.82) is 0 Å². The highest BCUT2D eigenvalue weighted by Crippen LogP contribution is 2.30. The van der Waals surface area contributed by atoms with Crippen LogP contribution < -0.4 is 4.90 Å². The zero-order valence-corrected chi connectivity index (χ0v) is 17.5. The van der Waals surface area contributed by atoms with E-state index in [0.717, 1.165) is 22.8 Å². The fourth-order valence-corrected chi connectivity index (χ4v) is 4.36. The van der Waals surface area contributed by atoms with Gasteiger partial charge in [0, 0.05) is 30.4 Å². The highest BCUT2D eigenvalue weighted by atomic mass is 32.2. The molecule has 0 aliphatic carbocycles. The third-order valence-electron chi connectivity index (χ3n) is 4.16. The van der Waals surface area contributed by atoms with Gasteiger partial charge in [-0.1, -0.05) is 30.0 Å². The van der Waals surface area contributed by atoms with E-state index >= 15 is 0 Å². The zero-order valence-electron chi connectivity index (χ0n) is 15.9. The number of carbonyl (C=O) groups is 1. The lowest BCUT2D eigenvalue weighted by molar-refractivity contribution is -0.115. The molecule has 4 aromatic rings. The van der Waals surface area contributed by atoms with E-state index in [4.69, 9.17) is 0 Å². The molecule has 4 rings (SSSR count).